The number of benzene rings is 1. The van der Waals surface area contributed by atoms with Gasteiger partial charge in [-0.1, -0.05) is 24.9 Å². The van der Waals surface area contributed by atoms with Gasteiger partial charge in [0.1, 0.15) is 0 Å². The Morgan fingerprint density at radius 2 is 2.22 bits per heavy atom. The van der Waals surface area contributed by atoms with Crippen LogP contribution in [0.1, 0.15) is 30.1 Å². The van der Waals surface area contributed by atoms with Crippen molar-refractivity contribution in [3.05, 3.63) is 22.7 Å². The molecular formula is C13H16ClNO3. The molecule has 0 unspecified atom stereocenters. The lowest BCUT2D eigenvalue weighted by molar-refractivity contribution is 0.0793. The summed E-state index contributed by atoms with van der Waals surface area (Å²) < 4.78 is 10.5. The molecule has 0 bridgehead atoms. The molecule has 0 fully saturated rings. The molecule has 0 N–H and O–H groups in total. The zero-order valence-electron chi connectivity index (χ0n) is 10.5. The molecule has 18 heavy (non-hydrogen) atoms. The van der Waals surface area contributed by atoms with Gasteiger partial charge < -0.3 is 14.4 Å². The zero-order valence-corrected chi connectivity index (χ0v) is 11.3. The molecule has 0 aromatic heterocycles. The van der Waals surface area contributed by atoms with Crippen molar-refractivity contribution in [3.8, 4) is 11.5 Å². The van der Waals surface area contributed by atoms with Crippen LogP contribution in [0.15, 0.2) is 12.1 Å². The van der Waals surface area contributed by atoms with Crippen LogP contribution in [0.3, 0.4) is 0 Å². The average Bonchev–Trinajstić information content (AvgIpc) is 2.83. The van der Waals surface area contributed by atoms with Crippen molar-refractivity contribution in [2.45, 2.75) is 19.8 Å². The molecule has 4 nitrogen and oxygen atoms in total. The summed E-state index contributed by atoms with van der Waals surface area (Å²) in [5.74, 6) is 1.00. The third kappa shape index (κ3) is 2.53. The van der Waals surface area contributed by atoms with Crippen molar-refractivity contribution in [1.82, 2.24) is 4.90 Å². The van der Waals surface area contributed by atoms with E-state index in [2.05, 4.69) is 6.92 Å². The molecule has 1 aliphatic heterocycles. The first kappa shape index (κ1) is 13.0. The second-order valence-electron chi connectivity index (χ2n) is 4.27. The normalized spacial score (nSPS) is 12.6. The quantitative estimate of drug-likeness (QED) is 0.844. The summed E-state index contributed by atoms with van der Waals surface area (Å²) in [5.41, 5.74) is 0.530. The number of carbonyl (C=O) groups is 1. The van der Waals surface area contributed by atoms with E-state index in [0.29, 0.717) is 22.1 Å². The summed E-state index contributed by atoms with van der Waals surface area (Å²) in [5, 5.41) is 0.414. The van der Waals surface area contributed by atoms with Crippen LogP contribution < -0.4 is 9.47 Å². The van der Waals surface area contributed by atoms with Gasteiger partial charge in [-0.2, -0.15) is 0 Å². The molecule has 1 amide bonds. The minimum Gasteiger partial charge on any atom is -0.454 e. The average molecular weight is 270 g/mol. The van der Waals surface area contributed by atoms with Gasteiger partial charge in [-0.05, 0) is 18.6 Å². The van der Waals surface area contributed by atoms with Gasteiger partial charge in [0.05, 0.1) is 5.02 Å². The molecule has 1 aromatic rings. The molecule has 98 valence electrons. The number of rotatable bonds is 4. The van der Waals surface area contributed by atoms with E-state index in [1.54, 1.807) is 24.1 Å². The van der Waals surface area contributed by atoms with Gasteiger partial charge in [-0.3, -0.25) is 4.79 Å². The van der Waals surface area contributed by atoms with E-state index in [0.717, 1.165) is 19.4 Å². The van der Waals surface area contributed by atoms with Gasteiger partial charge in [0.2, 0.25) is 6.79 Å². The molecule has 0 saturated carbocycles. The lowest BCUT2D eigenvalue weighted by Gasteiger charge is -2.17. The largest absolute Gasteiger partial charge is 0.454 e. The number of fused-ring (bicyclic) bond motifs is 1. The smallest absolute Gasteiger partial charge is 0.253 e. The van der Waals surface area contributed by atoms with Crippen LogP contribution in [0.25, 0.3) is 0 Å². The predicted octanol–water partition coefficient (Wildman–Crippen LogP) is 2.94. The standard InChI is InChI=1S/C13H16ClNO3/c1-3-4-5-15(2)13(16)9-6-10(14)12-11(7-9)17-8-18-12/h6-7H,3-5,8H2,1-2H3. The van der Waals surface area contributed by atoms with Gasteiger partial charge >= 0.3 is 0 Å². The molecule has 0 radical (unpaired) electrons. The van der Waals surface area contributed by atoms with E-state index in [-0.39, 0.29) is 12.7 Å². The molecule has 0 aliphatic carbocycles. The summed E-state index contributed by atoms with van der Waals surface area (Å²) in [6.45, 7) is 2.98. The number of unbranched alkanes of at least 4 members (excludes halogenated alkanes) is 1. The fourth-order valence-corrected chi connectivity index (χ4v) is 2.07. The highest BCUT2D eigenvalue weighted by molar-refractivity contribution is 6.32. The van der Waals surface area contributed by atoms with Gasteiger partial charge in [-0.15, -0.1) is 0 Å². The first-order valence-electron chi connectivity index (χ1n) is 5.98. The van der Waals surface area contributed by atoms with E-state index < -0.39 is 0 Å². The lowest BCUT2D eigenvalue weighted by atomic mass is 10.1. The molecule has 5 heteroatoms. The lowest BCUT2D eigenvalue weighted by Crippen LogP contribution is -2.27. The Morgan fingerprint density at radius 1 is 1.44 bits per heavy atom. The Labute approximate surface area is 111 Å². The molecule has 1 aromatic carbocycles. The molecule has 0 spiro atoms. The number of halogens is 1. The summed E-state index contributed by atoms with van der Waals surface area (Å²) >= 11 is 6.05. The van der Waals surface area contributed by atoms with Crippen molar-refractivity contribution in [1.29, 1.82) is 0 Å². The van der Waals surface area contributed by atoms with Crippen LogP contribution in [0.2, 0.25) is 5.02 Å². The predicted molar refractivity (Wildman–Crippen MR) is 69.4 cm³/mol. The molecule has 0 saturated heterocycles. The van der Waals surface area contributed by atoms with Crippen LogP contribution in [0.5, 0.6) is 11.5 Å². The molecule has 1 heterocycles. The minimum absolute atomic E-state index is 0.0522. The highest BCUT2D eigenvalue weighted by atomic mass is 35.5. The first-order chi connectivity index (χ1) is 8.63. The summed E-state index contributed by atoms with van der Waals surface area (Å²) in [6.07, 6.45) is 2.04. The van der Waals surface area contributed by atoms with E-state index in [1.165, 1.54) is 0 Å². The van der Waals surface area contributed by atoms with Crippen molar-refractivity contribution >= 4 is 17.5 Å². The summed E-state index contributed by atoms with van der Waals surface area (Å²) in [4.78, 5) is 13.9. The van der Waals surface area contributed by atoms with Crippen molar-refractivity contribution in [2.24, 2.45) is 0 Å². The van der Waals surface area contributed by atoms with Crippen molar-refractivity contribution < 1.29 is 14.3 Å². The Bertz CT molecular complexity index is 462. The maximum absolute atomic E-state index is 12.2. The van der Waals surface area contributed by atoms with E-state index in [4.69, 9.17) is 21.1 Å². The second-order valence-corrected chi connectivity index (χ2v) is 4.68. The van der Waals surface area contributed by atoms with Gasteiger partial charge in [0.25, 0.3) is 5.91 Å². The Balaban J connectivity index is 2.18. The number of amides is 1. The third-order valence-electron chi connectivity index (χ3n) is 2.87. The fraction of sp³-hybridized carbons (Fsp3) is 0.462. The van der Waals surface area contributed by atoms with Crippen LogP contribution in [0.4, 0.5) is 0 Å². The van der Waals surface area contributed by atoms with Crippen molar-refractivity contribution in [3.63, 3.8) is 0 Å². The molecule has 1 aliphatic rings. The number of hydrogen-bond acceptors (Lipinski definition) is 3. The van der Waals surface area contributed by atoms with Crippen LogP contribution in [-0.2, 0) is 0 Å². The summed E-state index contributed by atoms with van der Waals surface area (Å²) in [7, 11) is 1.79. The second kappa shape index (κ2) is 5.48. The monoisotopic (exact) mass is 269 g/mol. The Morgan fingerprint density at radius 3 is 2.94 bits per heavy atom. The van der Waals surface area contributed by atoms with Gasteiger partial charge in [-0.25, -0.2) is 0 Å². The Kier molecular flexibility index (Phi) is 3.97. The van der Waals surface area contributed by atoms with Crippen LogP contribution in [0, 0.1) is 0 Å². The topological polar surface area (TPSA) is 38.8 Å². The first-order valence-corrected chi connectivity index (χ1v) is 6.36. The molecular weight excluding hydrogens is 254 g/mol. The van der Waals surface area contributed by atoms with E-state index in [1.807, 2.05) is 0 Å². The number of nitrogens with zero attached hydrogens (tertiary/aromatic N) is 1. The maximum Gasteiger partial charge on any atom is 0.253 e. The number of ether oxygens (including phenoxy) is 2. The van der Waals surface area contributed by atoms with Crippen LogP contribution >= 0.6 is 11.6 Å². The maximum atomic E-state index is 12.2. The minimum atomic E-state index is -0.0522. The van der Waals surface area contributed by atoms with Gasteiger partial charge in [0.15, 0.2) is 11.5 Å². The van der Waals surface area contributed by atoms with Crippen molar-refractivity contribution in [2.75, 3.05) is 20.4 Å². The number of hydrogen-bond donors (Lipinski definition) is 0. The highest BCUT2D eigenvalue weighted by Crippen LogP contribution is 2.39. The van der Waals surface area contributed by atoms with Gasteiger partial charge in [0, 0.05) is 19.2 Å². The fourth-order valence-electron chi connectivity index (χ4n) is 1.81. The third-order valence-corrected chi connectivity index (χ3v) is 3.15. The Hall–Kier alpha value is -1.42. The SMILES string of the molecule is CCCCN(C)C(=O)c1cc(Cl)c2c(c1)OCO2. The molecule has 2 rings (SSSR count). The number of carbonyl (C=O) groups excluding carboxylic acids is 1. The summed E-state index contributed by atoms with van der Waals surface area (Å²) in [6, 6.07) is 3.30. The van der Waals surface area contributed by atoms with Crippen LogP contribution in [-0.4, -0.2) is 31.2 Å². The highest BCUT2D eigenvalue weighted by Gasteiger charge is 2.21. The molecule has 0 atom stereocenters. The zero-order chi connectivity index (χ0) is 13.1. The van der Waals surface area contributed by atoms with E-state index >= 15 is 0 Å². The van der Waals surface area contributed by atoms with E-state index in [9.17, 15) is 4.79 Å².